The standard InChI is InChI=1S/C46H80N12O17/c1-20(2)14-28(53-37(65)25(47)18-59)40(68)52-27(11-13-34(49)62)39(67)58-36(23(7)8)45(73)56-30(16-22(5)6)42(70)55-31(17-35(63)64)43(71)54-29(15-21(3)4)41(69)51-26(10-12-33(48)61)38(66)57-32(19-60)44(72)50-24(9)46(74)75/h20-32,36,59-60H,10-19,47H2,1-9H3,(H2,48,61)(H2,49,62)(H,50,72)(H,51,69)(H,52,68)(H,53,65)(H,54,71)(H,55,70)(H,56,73)(H,57,66)(H,58,67)(H,63,64)(H,74,75)/t24-,25-,26-,27-,28-,29-,30-,31-,32-,36-/m0/s1. The summed E-state index contributed by atoms with van der Waals surface area (Å²) in [6.45, 7) is 12.6. The van der Waals surface area contributed by atoms with Crippen LogP contribution in [0.1, 0.15) is 114 Å². The fraction of sp³-hybridized carbons (Fsp3) is 0.717. The van der Waals surface area contributed by atoms with Crippen LogP contribution < -0.4 is 65.1 Å². The lowest BCUT2D eigenvalue weighted by Crippen LogP contribution is -2.61. The maximum atomic E-state index is 14.0. The van der Waals surface area contributed by atoms with Gasteiger partial charge in [0, 0.05) is 12.8 Å². The minimum Gasteiger partial charge on any atom is -0.481 e. The number of carboxylic acid groups (broad SMARTS) is 2. The number of nitrogens with two attached hydrogens (primary N) is 3. The Morgan fingerprint density at radius 3 is 1.07 bits per heavy atom. The summed E-state index contributed by atoms with van der Waals surface area (Å²) < 4.78 is 0. The van der Waals surface area contributed by atoms with Gasteiger partial charge in [0.05, 0.1) is 19.6 Å². The molecule has 0 aromatic heterocycles. The highest BCUT2D eigenvalue weighted by atomic mass is 16.4. The molecule has 0 unspecified atom stereocenters. The summed E-state index contributed by atoms with van der Waals surface area (Å²) in [4.78, 5) is 168. The van der Waals surface area contributed by atoms with Crippen LogP contribution in [0.15, 0.2) is 0 Å². The maximum Gasteiger partial charge on any atom is 0.325 e. The quantitative estimate of drug-likeness (QED) is 0.0278. The van der Waals surface area contributed by atoms with Gasteiger partial charge in [-0.15, -0.1) is 0 Å². The highest BCUT2D eigenvalue weighted by Gasteiger charge is 2.37. The van der Waals surface area contributed by atoms with Gasteiger partial charge in [-0.2, -0.15) is 0 Å². The SMILES string of the molecule is CC(C)C[C@H](NC(=O)[C@H](CC(=O)O)NC(=O)[C@H](CC(C)C)NC(=O)[C@@H](NC(=O)[C@H](CCC(N)=O)NC(=O)[C@H](CC(C)C)NC(=O)[C@@H](N)CO)C(C)C)C(=O)N[C@@H](CCC(N)=O)C(=O)N[C@@H](CO)C(=O)N[C@@H](C)C(=O)O. The smallest absolute Gasteiger partial charge is 0.325 e. The Morgan fingerprint density at radius 2 is 0.720 bits per heavy atom. The summed E-state index contributed by atoms with van der Waals surface area (Å²) in [5.74, 6) is -15.5. The molecule has 0 aromatic rings. The molecule has 29 heteroatoms. The van der Waals surface area contributed by atoms with Crippen molar-refractivity contribution < 1.29 is 82.8 Å². The van der Waals surface area contributed by atoms with Gasteiger partial charge in [0.1, 0.15) is 60.4 Å². The largest absolute Gasteiger partial charge is 0.481 e. The highest BCUT2D eigenvalue weighted by molar-refractivity contribution is 5.99. The Hall–Kier alpha value is -7.01. The molecule has 0 bridgehead atoms. The second-order valence-corrected chi connectivity index (χ2v) is 19.7. The van der Waals surface area contributed by atoms with Crippen LogP contribution in [0.5, 0.6) is 0 Å². The molecule has 0 saturated heterocycles. The molecule has 10 atom stereocenters. The zero-order valence-corrected chi connectivity index (χ0v) is 44.0. The molecule has 75 heavy (non-hydrogen) atoms. The first-order valence-electron chi connectivity index (χ1n) is 24.5. The van der Waals surface area contributed by atoms with Gasteiger partial charge in [-0.3, -0.25) is 62.3 Å². The third-order valence-electron chi connectivity index (χ3n) is 11.0. The van der Waals surface area contributed by atoms with Crippen LogP contribution in [-0.4, -0.2) is 171 Å². The van der Waals surface area contributed by atoms with Gasteiger partial charge in [-0.25, -0.2) is 0 Å². The van der Waals surface area contributed by atoms with E-state index >= 15 is 0 Å². The zero-order valence-electron chi connectivity index (χ0n) is 44.0. The van der Waals surface area contributed by atoms with Crippen molar-refractivity contribution in [2.24, 2.45) is 40.9 Å². The first-order chi connectivity index (χ1) is 34.7. The van der Waals surface area contributed by atoms with Crippen molar-refractivity contribution in [2.75, 3.05) is 13.2 Å². The number of nitrogens with one attached hydrogen (secondary N) is 9. The molecular weight excluding hydrogens is 993 g/mol. The van der Waals surface area contributed by atoms with Gasteiger partial charge in [0.2, 0.25) is 65.0 Å². The van der Waals surface area contributed by atoms with Gasteiger partial charge in [0.25, 0.3) is 0 Å². The summed E-state index contributed by atoms with van der Waals surface area (Å²) in [6, 6.07) is -15.3. The molecule has 19 N–H and O–H groups in total. The second kappa shape index (κ2) is 33.7. The van der Waals surface area contributed by atoms with Crippen LogP contribution in [0.3, 0.4) is 0 Å². The summed E-state index contributed by atoms with van der Waals surface area (Å²) >= 11 is 0. The third-order valence-corrected chi connectivity index (χ3v) is 11.0. The number of aliphatic hydroxyl groups is 2. The van der Waals surface area contributed by atoms with E-state index in [-0.39, 0.29) is 43.4 Å². The normalized spacial score (nSPS) is 15.3. The lowest BCUT2D eigenvalue weighted by atomic mass is 9.98. The lowest BCUT2D eigenvalue weighted by molar-refractivity contribution is -0.142. The molecule has 0 saturated carbocycles. The molecular formula is C46H80N12O17. The number of amides is 11. The number of rotatable bonds is 36. The van der Waals surface area contributed by atoms with Crippen LogP contribution in [0.25, 0.3) is 0 Å². The molecule has 0 fully saturated rings. The number of aliphatic hydroxyl groups excluding tert-OH is 2. The number of carboxylic acids is 2. The first-order valence-corrected chi connectivity index (χ1v) is 24.5. The van der Waals surface area contributed by atoms with Crippen molar-refractivity contribution in [2.45, 2.75) is 174 Å². The molecule has 0 aliphatic rings. The van der Waals surface area contributed by atoms with Crippen molar-refractivity contribution in [3.05, 3.63) is 0 Å². The molecule has 0 radical (unpaired) electrons. The summed E-state index contributed by atoms with van der Waals surface area (Å²) in [5, 5.41) is 59.3. The Bertz CT molecular complexity index is 2020. The topological polar surface area (TPSA) is 489 Å². The molecule has 11 amide bonds. The van der Waals surface area contributed by atoms with Gasteiger partial charge in [0.15, 0.2) is 0 Å². The molecule has 0 aromatic carbocycles. The minimum atomic E-state index is -1.91. The molecule has 0 rings (SSSR count). The molecule has 29 nitrogen and oxygen atoms in total. The van der Waals surface area contributed by atoms with Crippen molar-refractivity contribution in [3.8, 4) is 0 Å². The molecule has 426 valence electrons. The number of hydrogen-bond donors (Lipinski definition) is 16. The Kier molecular flexibility index (Phi) is 30.6. The van der Waals surface area contributed by atoms with Gasteiger partial charge in [-0.05, 0) is 62.7 Å². The van der Waals surface area contributed by atoms with Crippen LogP contribution in [0.2, 0.25) is 0 Å². The van der Waals surface area contributed by atoms with Crippen molar-refractivity contribution in [1.29, 1.82) is 0 Å². The second-order valence-electron chi connectivity index (χ2n) is 19.7. The first kappa shape index (κ1) is 68.0. The maximum absolute atomic E-state index is 14.0. The number of aliphatic carboxylic acids is 2. The average molecular weight is 1070 g/mol. The van der Waals surface area contributed by atoms with E-state index in [2.05, 4.69) is 47.9 Å². The summed E-state index contributed by atoms with van der Waals surface area (Å²) in [6.07, 6.45) is -2.95. The zero-order chi connectivity index (χ0) is 58.0. The van der Waals surface area contributed by atoms with Crippen LogP contribution in [-0.2, 0) is 62.3 Å². The molecule has 0 heterocycles. The van der Waals surface area contributed by atoms with E-state index < -0.39 is 182 Å². The Labute approximate surface area is 434 Å². The van der Waals surface area contributed by atoms with Crippen LogP contribution in [0, 0.1) is 23.7 Å². The van der Waals surface area contributed by atoms with Crippen molar-refractivity contribution in [1.82, 2.24) is 47.9 Å². The number of primary amides is 2. The van der Waals surface area contributed by atoms with E-state index in [9.17, 15) is 77.6 Å². The number of carbonyl (C=O) groups is 13. The van der Waals surface area contributed by atoms with Gasteiger partial charge < -0.3 is 85.5 Å². The number of hydrogen-bond acceptors (Lipinski definition) is 16. The van der Waals surface area contributed by atoms with E-state index in [0.29, 0.717) is 0 Å². The van der Waals surface area contributed by atoms with E-state index in [0.717, 1.165) is 6.92 Å². The monoisotopic (exact) mass is 1070 g/mol. The Morgan fingerprint density at radius 1 is 0.400 bits per heavy atom. The molecule has 0 aliphatic carbocycles. The fourth-order valence-electron chi connectivity index (χ4n) is 6.95. The van der Waals surface area contributed by atoms with Crippen LogP contribution in [0.4, 0.5) is 0 Å². The van der Waals surface area contributed by atoms with Crippen molar-refractivity contribution in [3.63, 3.8) is 0 Å². The summed E-state index contributed by atoms with van der Waals surface area (Å²) in [7, 11) is 0. The van der Waals surface area contributed by atoms with E-state index in [1.54, 1.807) is 41.5 Å². The summed E-state index contributed by atoms with van der Waals surface area (Å²) in [5.41, 5.74) is 16.2. The number of carbonyl (C=O) groups excluding carboxylic acids is 11. The lowest BCUT2D eigenvalue weighted by Gasteiger charge is -2.29. The highest BCUT2D eigenvalue weighted by Crippen LogP contribution is 2.13. The van der Waals surface area contributed by atoms with E-state index in [1.165, 1.54) is 13.8 Å². The average Bonchev–Trinajstić information content (AvgIpc) is 3.29. The van der Waals surface area contributed by atoms with Gasteiger partial charge in [-0.1, -0.05) is 55.4 Å². The van der Waals surface area contributed by atoms with Gasteiger partial charge >= 0.3 is 11.9 Å². The van der Waals surface area contributed by atoms with Crippen LogP contribution >= 0.6 is 0 Å². The molecule has 0 aliphatic heterocycles. The third kappa shape index (κ3) is 26.7. The molecule has 0 spiro atoms. The predicted octanol–water partition coefficient (Wildman–Crippen LogP) is -5.43. The predicted molar refractivity (Wildman–Crippen MR) is 265 cm³/mol. The van der Waals surface area contributed by atoms with Crippen molar-refractivity contribution >= 4 is 76.9 Å². The van der Waals surface area contributed by atoms with E-state index in [1.807, 2.05) is 0 Å². The fourth-order valence-corrected chi connectivity index (χ4v) is 6.95. The van der Waals surface area contributed by atoms with E-state index in [4.69, 9.17) is 22.3 Å². The Balaban J connectivity index is 6.71. The minimum absolute atomic E-state index is 0.0655.